The van der Waals surface area contributed by atoms with Gasteiger partial charge in [-0.05, 0) is 48.6 Å². The molecule has 7 nitrogen and oxygen atoms in total. The molecule has 194 valence electrons. The predicted molar refractivity (Wildman–Crippen MR) is 143 cm³/mol. The summed E-state index contributed by atoms with van der Waals surface area (Å²) in [6.07, 6.45) is 2.54. The number of anilines is 2. The van der Waals surface area contributed by atoms with Gasteiger partial charge >= 0.3 is 0 Å². The molecule has 6 rings (SSSR count). The van der Waals surface area contributed by atoms with Crippen LogP contribution < -0.4 is 10.2 Å². The summed E-state index contributed by atoms with van der Waals surface area (Å²) >= 11 is 6.68. The molecule has 9 heteroatoms. The smallest absolute Gasteiger partial charge is 0.229 e. The normalized spacial score (nSPS) is 30.0. The van der Waals surface area contributed by atoms with Crippen molar-refractivity contribution in [3.05, 3.63) is 59.5 Å². The zero-order valence-corrected chi connectivity index (χ0v) is 21.8. The second-order valence-electron chi connectivity index (χ2n) is 10.7. The van der Waals surface area contributed by atoms with E-state index in [-0.39, 0.29) is 30.3 Å². The van der Waals surface area contributed by atoms with E-state index in [1.807, 2.05) is 37.3 Å². The Bertz CT molecular complexity index is 1320. The monoisotopic (exact) mass is 523 g/mol. The number of halogens is 2. The van der Waals surface area contributed by atoms with Gasteiger partial charge < -0.3 is 15.0 Å². The van der Waals surface area contributed by atoms with Crippen molar-refractivity contribution in [2.75, 3.05) is 49.6 Å². The number of nitrogens with zero attached hydrogens (tertiary/aromatic N) is 4. The molecule has 3 aromatic rings. The van der Waals surface area contributed by atoms with Gasteiger partial charge in [0.2, 0.25) is 5.91 Å². The van der Waals surface area contributed by atoms with Gasteiger partial charge in [-0.15, -0.1) is 0 Å². The topological polar surface area (TPSA) is 70.6 Å². The first-order chi connectivity index (χ1) is 17.8. The summed E-state index contributed by atoms with van der Waals surface area (Å²) in [6.45, 7) is 7.60. The highest BCUT2D eigenvalue weighted by Gasteiger charge is 2.53. The minimum absolute atomic E-state index is 0.0316. The first kappa shape index (κ1) is 24.5. The lowest BCUT2D eigenvalue weighted by Gasteiger charge is -2.44. The molecule has 2 aromatic heterocycles. The van der Waals surface area contributed by atoms with Crippen LogP contribution in [0.4, 0.5) is 15.9 Å². The van der Waals surface area contributed by atoms with Crippen LogP contribution >= 0.6 is 11.6 Å². The Balaban J connectivity index is 1.16. The summed E-state index contributed by atoms with van der Waals surface area (Å²) in [7, 11) is 0. The third-order valence-electron chi connectivity index (χ3n) is 8.43. The minimum atomic E-state index is -0.970. The number of hydrogen-bond donors (Lipinski definition) is 1. The van der Waals surface area contributed by atoms with Gasteiger partial charge in [-0.3, -0.25) is 14.7 Å². The molecule has 3 fully saturated rings. The maximum absolute atomic E-state index is 14.5. The standard InChI is InChI=1S/C28H31ClFN5O2/c1-17-25(21-5-3-4-6-31-21)26(17)27(36)33-24-13-18-12-22(20(29)11-19(18)14-32-24)34-7-9-35(10-8-34)28(2)16-37-15-23(28)30/h3-6,11-14,17,23,25-26H,7-10,15-16H2,1-2H3,(H,32,33,36)/t17-,23+,25+,26-,28-/m1/s1. The zero-order chi connectivity index (χ0) is 25.7. The first-order valence-corrected chi connectivity index (χ1v) is 13.3. The van der Waals surface area contributed by atoms with Crippen LogP contribution in [0.15, 0.2) is 48.8 Å². The van der Waals surface area contributed by atoms with E-state index in [4.69, 9.17) is 16.3 Å². The van der Waals surface area contributed by atoms with Crippen LogP contribution in [0.5, 0.6) is 0 Å². The van der Waals surface area contributed by atoms with Crippen LogP contribution in [0.1, 0.15) is 25.5 Å². The van der Waals surface area contributed by atoms with E-state index in [2.05, 4.69) is 38.1 Å². The maximum atomic E-state index is 14.5. The van der Waals surface area contributed by atoms with Gasteiger partial charge in [0.05, 0.1) is 35.4 Å². The number of ether oxygens (including phenoxy) is 1. The fourth-order valence-electron chi connectivity index (χ4n) is 5.95. The Kier molecular flexibility index (Phi) is 6.29. The van der Waals surface area contributed by atoms with Crippen LogP contribution in [0.3, 0.4) is 0 Å². The fourth-order valence-corrected chi connectivity index (χ4v) is 6.24. The summed E-state index contributed by atoms with van der Waals surface area (Å²) in [4.78, 5) is 26.3. The lowest BCUT2D eigenvalue weighted by Crippen LogP contribution is -2.59. The number of carbonyl (C=O) groups excluding carboxylic acids is 1. The Morgan fingerprint density at radius 2 is 1.97 bits per heavy atom. The molecule has 1 N–H and O–H groups in total. The number of alkyl halides is 1. The molecule has 0 radical (unpaired) electrons. The van der Waals surface area contributed by atoms with E-state index in [9.17, 15) is 9.18 Å². The molecule has 37 heavy (non-hydrogen) atoms. The van der Waals surface area contributed by atoms with Crippen molar-refractivity contribution in [1.82, 2.24) is 14.9 Å². The Hall–Kier alpha value is -2.81. The minimum Gasteiger partial charge on any atom is -0.376 e. The molecule has 1 aromatic carbocycles. The molecule has 1 aliphatic carbocycles. The van der Waals surface area contributed by atoms with Crippen molar-refractivity contribution in [2.45, 2.75) is 31.5 Å². The number of amides is 1. The van der Waals surface area contributed by atoms with Crippen molar-refractivity contribution in [1.29, 1.82) is 0 Å². The van der Waals surface area contributed by atoms with Crippen molar-refractivity contribution < 1.29 is 13.9 Å². The first-order valence-electron chi connectivity index (χ1n) is 12.9. The summed E-state index contributed by atoms with van der Waals surface area (Å²) in [6, 6.07) is 11.7. The summed E-state index contributed by atoms with van der Waals surface area (Å²) in [5.41, 5.74) is 1.33. The molecule has 4 heterocycles. The number of pyridine rings is 2. The Morgan fingerprint density at radius 1 is 1.16 bits per heavy atom. The molecule has 3 aliphatic rings. The SMILES string of the molecule is C[C@H]1[C@@H](C(=O)Nc2cc3cc(N4CCN([C@]5(C)COC[C@@H]5F)CC4)c(Cl)cc3cn2)[C@@H]1c1ccccn1. The van der Waals surface area contributed by atoms with E-state index >= 15 is 0 Å². The molecule has 2 aliphatic heterocycles. The maximum Gasteiger partial charge on any atom is 0.229 e. The van der Waals surface area contributed by atoms with E-state index in [0.717, 1.165) is 48.3 Å². The van der Waals surface area contributed by atoms with Crippen molar-refractivity contribution in [3.8, 4) is 0 Å². The number of carbonyl (C=O) groups is 1. The molecular weight excluding hydrogens is 493 g/mol. The predicted octanol–water partition coefficient (Wildman–Crippen LogP) is 4.52. The molecule has 0 spiro atoms. The third kappa shape index (κ3) is 4.45. The van der Waals surface area contributed by atoms with Crippen LogP contribution in [0.25, 0.3) is 10.8 Å². The molecule has 1 amide bonds. The van der Waals surface area contributed by atoms with Crippen molar-refractivity contribution in [3.63, 3.8) is 0 Å². The summed E-state index contributed by atoms with van der Waals surface area (Å²) in [5.74, 6) is 0.760. The number of piperazine rings is 1. The highest BCUT2D eigenvalue weighted by atomic mass is 35.5. The van der Waals surface area contributed by atoms with Crippen molar-refractivity contribution >= 4 is 39.8 Å². The Labute approximate surface area is 221 Å². The largest absolute Gasteiger partial charge is 0.376 e. The van der Waals surface area contributed by atoms with Gasteiger partial charge in [-0.2, -0.15) is 0 Å². The van der Waals surface area contributed by atoms with Gasteiger partial charge in [-0.25, -0.2) is 9.37 Å². The number of fused-ring (bicyclic) bond motifs is 1. The molecule has 0 unspecified atom stereocenters. The van der Waals surface area contributed by atoms with E-state index in [1.54, 1.807) is 12.4 Å². The van der Waals surface area contributed by atoms with Crippen LogP contribution in [-0.2, 0) is 9.53 Å². The second kappa shape index (κ2) is 9.49. The summed E-state index contributed by atoms with van der Waals surface area (Å²) < 4.78 is 19.9. The fraction of sp³-hybridized carbons (Fsp3) is 0.464. The highest BCUT2D eigenvalue weighted by molar-refractivity contribution is 6.34. The van der Waals surface area contributed by atoms with E-state index in [1.165, 1.54) is 0 Å². The lowest BCUT2D eigenvalue weighted by molar-refractivity contribution is -0.117. The molecular formula is C28H31ClFN5O2. The Morgan fingerprint density at radius 3 is 2.68 bits per heavy atom. The van der Waals surface area contributed by atoms with Gasteiger partial charge in [0.1, 0.15) is 12.0 Å². The number of nitrogens with one attached hydrogen (secondary N) is 1. The van der Waals surface area contributed by atoms with Crippen LogP contribution in [0.2, 0.25) is 5.02 Å². The average Bonchev–Trinajstić information content (AvgIpc) is 3.47. The molecule has 5 atom stereocenters. The quantitative estimate of drug-likeness (QED) is 0.530. The molecule has 1 saturated carbocycles. The van der Waals surface area contributed by atoms with Crippen LogP contribution in [-0.4, -0.2) is 71.9 Å². The summed E-state index contributed by atoms with van der Waals surface area (Å²) in [5, 5.41) is 5.53. The number of benzene rings is 1. The number of rotatable bonds is 5. The molecule has 2 saturated heterocycles. The van der Waals surface area contributed by atoms with Gasteiger partial charge in [0.25, 0.3) is 0 Å². The van der Waals surface area contributed by atoms with Gasteiger partial charge in [0, 0.05) is 55.6 Å². The molecule has 0 bridgehead atoms. The third-order valence-corrected chi connectivity index (χ3v) is 8.73. The van der Waals surface area contributed by atoms with Gasteiger partial charge in [-0.1, -0.05) is 24.6 Å². The average molecular weight is 524 g/mol. The number of aromatic nitrogens is 2. The second-order valence-corrected chi connectivity index (χ2v) is 11.1. The van der Waals surface area contributed by atoms with Gasteiger partial charge in [0.15, 0.2) is 0 Å². The van der Waals surface area contributed by atoms with E-state index in [0.29, 0.717) is 17.4 Å². The zero-order valence-electron chi connectivity index (χ0n) is 21.0. The number of hydrogen-bond acceptors (Lipinski definition) is 6. The van der Waals surface area contributed by atoms with Crippen molar-refractivity contribution in [2.24, 2.45) is 11.8 Å². The van der Waals surface area contributed by atoms with Crippen LogP contribution in [0, 0.1) is 11.8 Å². The lowest BCUT2D eigenvalue weighted by atomic mass is 9.96. The highest BCUT2D eigenvalue weighted by Crippen LogP contribution is 2.53. The van der Waals surface area contributed by atoms with E-state index < -0.39 is 11.7 Å².